The van der Waals surface area contributed by atoms with Crippen LogP contribution < -0.4 is 10.6 Å². The van der Waals surface area contributed by atoms with Gasteiger partial charge in [-0.3, -0.25) is 9.47 Å². The maximum atomic E-state index is 14.7. The summed E-state index contributed by atoms with van der Waals surface area (Å²) in [6, 6.07) is 22.4. The Morgan fingerprint density at radius 3 is 2.29 bits per heavy atom. The van der Waals surface area contributed by atoms with E-state index in [1.165, 1.54) is 24.3 Å². The normalized spacial score (nSPS) is 14.0. The van der Waals surface area contributed by atoms with Gasteiger partial charge in [0, 0.05) is 50.2 Å². The van der Waals surface area contributed by atoms with Gasteiger partial charge in [0.15, 0.2) is 11.5 Å². The molecule has 0 bridgehead atoms. The maximum Gasteiger partial charge on any atom is 0.228 e. The highest BCUT2D eigenvalue weighted by Crippen LogP contribution is 2.32. The smallest absolute Gasteiger partial charge is 0.228 e. The first-order chi connectivity index (χ1) is 20.6. The van der Waals surface area contributed by atoms with Crippen molar-refractivity contribution in [3.8, 4) is 28.3 Å². The predicted octanol–water partition coefficient (Wildman–Crippen LogP) is 4.38. The molecule has 11 heteroatoms. The van der Waals surface area contributed by atoms with Crippen LogP contribution in [0.25, 0.3) is 39.5 Å². The Bertz CT molecular complexity index is 1850. The van der Waals surface area contributed by atoms with Crippen molar-refractivity contribution in [2.24, 2.45) is 0 Å². The van der Waals surface area contributed by atoms with Gasteiger partial charge in [0.25, 0.3) is 0 Å². The molecule has 0 atom stereocenters. The summed E-state index contributed by atoms with van der Waals surface area (Å²) in [6.07, 6.45) is 4.72. The second-order valence-electron chi connectivity index (χ2n) is 10.1. The first-order valence-corrected chi connectivity index (χ1v) is 13.7. The first-order valence-electron chi connectivity index (χ1n) is 13.7. The number of nitrogens with two attached hydrogens (primary N) is 1. The number of anilines is 2. The molecule has 6 aromatic rings. The Kier molecular flexibility index (Phi) is 6.68. The van der Waals surface area contributed by atoms with Crippen LogP contribution in [0.15, 0.2) is 91.6 Å². The van der Waals surface area contributed by atoms with E-state index >= 15 is 0 Å². The molecule has 10 nitrogen and oxygen atoms in total. The lowest BCUT2D eigenvalue weighted by Crippen LogP contribution is -2.46. The number of halogens is 1. The van der Waals surface area contributed by atoms with Crippen LogP contribution in [0, 0.1) is 5.82 Å². The Morgan fingerprint density at radius 1 is 0.762 bits per heavy atom. The van der Waals surface area contributed by atoms with Crippen molar-refractivity contribution in [2.45, 2.75) is 6.54 Å². The summed E-state index contributed by atoms with van der Waals surface area (Å²) in [6.45, 7) is 4.36. The van der Waals surface area contributed by atoms with Gasteiger partial charge in [0.05, 0.1) is 11.3 Å². The molecule has 42 heavy (non-hydrogen) atoms. The van der Waals surface area contributed by atoms with Gasteiger partial charge in [-0.05, 0) is 54.1 Å². The minimum atomic E-state index is -0.328. The minimum absolute atomic E-state index is 0.328. The highest BCUT2D eigenvalue weighted by Gasteiger charge is 2.21. The number of imidazole rings is 1. The Hall–Kier alpha value is -5.29. The predicted molar refractivity (Wildman–Crippen MR) is 159 cm³/mol. The van der Waals surface area contributed by atoms with Gasteiger partial charge < -0.3 is 10.6 Å². The number of nitrogen functional groups attached to an aromatic ring is 1. The number of pyridine rings is 2. The van der Waals surface area contributed by atoms with Crippen LogP contribution in [0.4, 0.5) is 16.2 Å². The van der Waals surface area contributed by atoms with Crippen LogP contribution in [-0.4, -0.2) is 65.5 Å². The van der Waals surface area contributed by atoms with Gasteiger partial charge >= 0.3 is 0 Å². The Labute approximate surface area is 241 Å². The largest absolute Gasteiger partial charge is 0.383 e. The molecule has 2 N–H and O–H groups in total. The van der Waals surface area contributed by atoms with E-state index in [9.17, 15) is 4.39 Å². The zero-order valence-electron chi connectivity index (χ0n) is 22.7. The molecular formula is C31H27FN10. The standard InChI is InChI=1S/C31H27FN10/c32-25-6-2-1-4-23(25)26-11-12-27-30(38-26)42(29(39-27)24-5-3-13-35-28(24)33)22-9-7-21(8-10-22)18-40-14-16-41(17-15-40)31-36-19-34-20-37-31/h1-13,19-20H,14-18H2,(H2,33,35). The molecule has 7 rings (SSSR count). The molecule has 2 aromatic carbocycles. The van der Waals surface area contributed by atoms with Crippen molar-refractivity contribution < 1.29 is 4.39 Å². The number of aromatic nitrogens is 7. The van der Waals surface area contributed by atoms with Gasteiger partial charge in [0.1, 0.15) is 29.8 Å². The lowest BCUT2D eigenvalue weighted by atomic mass is 10.1. The molecule has 208 valence electrons. The fourth-order valence-corrected chi connectivity index (χ4v) is 5.32. The minimum Gasteiger partial charge on any atom is -0.383 e. The van der Waals surface area contributed by atoms with E-state index in [2.05, 4.69) is 54.0 Å². The van der Waals surface area contributed by atoms with E-state index in [-0.39, 0.29) is 5.82 Å². The molecule has 0 amide bonds. The quantitative estimate of drug-likeness (QED) is 0.318. The van der Waals surface area contributed by atoms with Gasteiger partial charge in [0.2, 0.25) is 5.95 Å². The molecule has 0 radical (unpaired) electrons. The number of piperazine rings is 1. The van der Waals surface area contributed by atoms with Crippen LogP contribution in [0.2, 0.25) is 0 Å². The summed E-state index contributed by atoms with van der Waals surface area (Å²) in [4.78, 5) is 31.1. The van der Waals surface area contributed by atoms with Crippen LogP contribution in [0.5, 0.6) is 0 Å². The van der Waals surface area contributed by atoms with Gasteiger partial charge in [-0.15, -0.1) is 0 Å². The lowest BCUT2D eigenvalue weighted by Gasteiger charge is -2.34. The monoisotopic (exact) mass is 558 g/mol. The van der Waals surface area contributed by atoms with E-state index in [0.717, 1.165) is 44.4 Å². The summed E-state index contributed by atoms with van der Waals surface area (Å²) in [5.74, 6) is 1.39. The third kappa shape index (κ3) is 4.90. The number of benzene rings is 2. The molecule has 1 aliphatic rings. The molecule has 5 heterocycles. The summed E-state index contributed by atoms with van der Waals surface area (Å²) in [5, 5.41) is 0. The van der Waals surface area contributed by atoms with E-state index in [1.54, 1.807) is 30.5 Å². The summed E-state index contributed by atoms with van der Waals surface area (Å²) >= 11 is 0. The van der Waals surface area contributed by atoms with Crippen molar-refractivity contribution in [1.29, 1.82) is 0 Å². The molecule has 4 aromatic heterocycles. The highest BCUT2D eigenvalue weighted by molar-refractivity contribution is 5.84. The molecule has 0 saturated carbocycles. The van der Waals surface area contributed by atoms with Crippen molar-refractivity contribution in [1.82, 2.24) is 39.4 Å². The molecule has 0 spiro atoms. The summed E-state index contributed by atoms with van der Waals surface area (Å²) in [7, 11) is 0. The average Bonchev–Trinajstić information content (AvgIpc) is 3.41. The lowest BCUT2D eigenvalue weighted by molar-refractivity contribution is 0.248. The average molecular weight is 559 g/mol. The SMILES string of the molecule is Nc1ncccc1-c1nc2ccc(-c3ccccc3F)nc2n1-c1ccc(CN2CCN(c3ncncn3)CC2)cc1. The second-order valence-corrected chi connectivity index (χ2v) is 10.1. The number of hydrogen-bond donors (Lipinski definition) is 1. The summed E-state index contributed by atoms with van der Waals surface area (Å²) in [5.41, 5.74) is 11.3. The van der Waals surface area contributed by atoms with Crippen molar-refractivity contribution in [3.05, 3.63) is 103 Å². The molecule has 1 fully saturated rings. The van der Waals surface area contributed by atoms with Crippen molar-refractivity contribution in [3.63, 3.8) is 0 Å². The highest BCUT2D eigenvalue weighted by atomic mass is 19.1. The van der Waals surface area contributed by atoms with Crippen LogP contribution >= 0.6 is 0 Å². The molecule has 0 unspecified atom stereocenters. The zero-order chi connectivity index (χ0) is 28.5. The van der Waals surface area contributed by atoms with Crippen LogP contribution in [0.3, 0.4) is 0 Å². The molecule has 0 aliphatic carbocycles. The molecule has 1 saturated heterocycles. The summed E-state index contributed by atoms with van der Waals surface area (Å²) < 4.78 is 16.6. The number of nitrogens with zero attached hydrogens (tertiary/aromatic N) is 9. The van der Waals surface area contributed by atoms with Gasteiger partial charge in [-0.2, -0.15) is 0 Å². The number of rotatable bonds is 6. The van der Waals surface area contributed by atoms with Crippen LogP contribution in [0.1, 0.15) is 5.56 Å². The third-order valence-electron chi connectivity index (χ3n) is 7.47. The zero-order valence-corrected chi connectivity index (χ0v) is 22.7. The van der Waals surface area contributed by atoms with E-state index in [1.807, 2.05) is 22.8 Å². The number of hydrogen-bond acceptors (Lipinski definition) is 9. The fourth-order valence-electron chi connectivity index (χ4n) is 5.32. The third-order valence-corrected chi connectivity index (χ3v) is 7.47. The fraction of sp³-hybridized carbons (Fsp3) is 0.161. The maximum absolute atomic E-state index is 14.7. The van der Waals surface area contributed by atoms with E-state index in [0.29, 0.717) is 39.6 Å². The molecular weight excluding hydrogens is 531 g/mol. The Balaban J connectivity index is 1.21. The van der Waals surface area contributed by atoms with Crippen LogP contribution in [-0.2, 0) is 6.54 Å². The van der Waals surface area contributed by atoms with Gasteiger partial charge in [-0.1, -0.05) is 24.3 Å². The first kappa shape index (κ1) is 25.7. The second kappa shape index (κ2) is 10.9. The van der Waals surface area contributed by atoms with E-state index in [4.69, 9.17) is 15.7 Å². The van der Waals surface area contributed by atoms with E-state index < -0.39 is 0 Å². The van der Waals surface area contributed by atoms with Crippen molar-refractivity contribution in [2.75, 3.05) is 36.8 Å². The number of fused-ring (bicyclic) bond motifs is 1. The van der Waals surface area contributed by atoms with Gasteiger partial charge in [-0.25, -0.2) is 34.3 Å². The Morgan fingerprint density at radius 2 is 1.52 bits per heavy atom. The topological polar surface area (TPSA) is 115 Å². The molecule has 1 aliphatic heterocycles. The van der Waals surface area contributed by atoms with Crippen molar-refractivity contribution >= 4 is 22.9 Å².